The molecule has 0 aromatic heterocycles. The Morgan fingerprint density at radius 1 is 1.47 bits per heavy atom. The molecule has 1 atom stereocenters. The third-order valence-electron chi connectivity index (χ3n) is 3.04. The van der Waals surface area contributed by atoms with Crippen molar-refractivity contribution in [3.05, 3.63) is 18.2 Å². The van der Waals surface area contributed by atoms with Gasteiger partial charge in [0, 0.05) is 23.5 Å². The largest absolute Gasteiger partial charge is 0.399 e. The van der Waals surface area contributed by atoms with Gasteiger partial charge < -0.3 is 16.4 Å². The molecule has 4 N–H and O–H groups in total. The topological polar surface area (TPSA) is 89.4 Å². The number of nitrogens with two attached hydrogens (primary N) is 2. The summed E-state index contributed by atoms with van der Waals surface area (Å²) in [6.45, 7) is 2.28. The first-order valence-corrected chi connectivity index (χ1v) is 7.06. The number of carbonyl (C=O) groups is 2. The highest BCUT2D eigenvalue weighted by atomic mass is 32.2. The van der Waals surface area contributed by atoms with Crippen LogP contribution in [0.1, 0.15) is 19.8 Å². The summed E-state index contributed by atoms with van der Waals surface area (Å²) in [6, 6.07) is 5.51. The number of hydrogen-bond acceptors (Lipinski definition) is 4. The van der Waals surface area contributed by atoms with Crippen LogP contribution in [0.15, 0.2) is 23.1 Å². The second-order valence-electron chi connectivity index (χ2n) is 4.45. The molecule has 0 fully saturated rings. The van der Waals surface area contributed by atoms with Crippen molar-refractivity contribution in [2.75, 3.05) is 17.2 Å². The maximum Gasteiger partial charge on any atom is 0.240 e. The molecule has 0 radical (unpaired) electrons. The van der Waals surface area contributed by atoms with Gasteiger partial charge in [0.2, 0.25) is 11.8 Å². The molecule has 19 heavy (non-hydrogen) atoms. The van der Waals surface area contributed by atoms with Crippen molar-refractivity contribution in [1.82, 2.24) is 0 Å². The van der Waals surface area contributed by atoms with Crippen LogP contribution in [0, 0.1) is 0 Å². The van der Waals surface area contributed by atoms with E-state index in [0.717, 1.165) is 17.0 Å². The van der Waals surface area contributed by atoms with Crippen molar-refractivity contribution in [2.45, 2.75) is 29.9 Å². The molecular weight excluding hydrogens is 262 g/mol. The van der Waals surface area contributed by atoms with Crippen LogP contribution < -0.4 is 16.4 Å². The number of hydrogen-bond donors (Lipinski definition) is 2. The monoisotopic (exact) mass is 279 g/mol. The van der Waals surface area contributed by atoms with E-state index in [1.54, 1.807) is 22.7 Å². The van der Waals surface area contributed by atoms with Crippen molar-refractivity contribution in [3.8, 4) is 0 Å². The smallest absolute Gasteiger partial charge is 0.240 e. The molecule has 2 amide bonds. The van der Waals surface area contributed by atoms with Gasteiger partial charge in [-0.05, 0) is 24.6 Å². The van der Waals surface area contributed by atoms with Gasteiger partial charge in [0.05, 0.1) is 10.9 Å². The van der Waals surface area contributed by atoms with Crippen molar-refractivity contribution in [1.29, 1.82) is 0 Å². The molecule has 0 spiro atoms. The minimum absolute atomic E-state index is 0.0202. The van der Waals surface area contributed by atoms with Gasteiger partial charge in [-0.15, -0.1) is 11.8 Å². The van der Waals surface area contributed by atoms with Crippen LogP contribution in [0.2, 0.25) is 0 Å². The number of amides is 2. The summed E-state index contributed by atoms with van der Waals surface area (Å²) in [5, 5.41) is -0.107. The Kier molecular flexibility index (Phi) is 3.99. The minimum Gasteiger partial charge on any atom is -0.399 e. The normalized spacial score (nSPS) is 18.3. The minimum atomic E-state index is -0.412. The van der Waals surface area contributed by atoms with Crippen molar-refractivity contribution in [3.63, 3.8) is 0 Å². The lowest BCUT2D eigenvalue weighted by Gasteiger charge is -2.33. The zero-order valence-corrected chi connectivity index (χ0v) is 11.6. The first-order valence-electron chi connectivity index (χ1n) is 6.18. The predicted molar refractivity (Wildman–Crippen MR) is 77.0 cm³/mol. The number of carbonyl (C=O) groups excluding carboxylic acids is 2. The van der Waals surface area contributed by atoms with Gasteiger partial charge >= 0.3 is 0 Å². The molecule has 0 bridgehead atoms. The summed E-state index contributed by atoms with van der Waals surface area (Å²) in [7, 11) is 0. The van der Waals surface area contributed by atoms with Crippen LogP contribution in [-0.4, -0.2) is 23.6 Å². The van der Waals surface area contributed by atoms with E-state index in [1.807, 2.05) is 19.1 Å². The number of rotatable bonds is 4. The Hall–Kier alpha value is -1.69. The number of nitrogen functional groups attached to an aromatic ring is 1. The predicted octanol–water partition coefficient (Wildman–Crippen LogP) is 1.36. The van der Waals surface area contributed by atoms with Crippen LogP contribution in [-0.2, 0) is 9.59 Å². The lowest BCUT2D eigenvalue weighted by Crippen LogP contribution is -2.42. The second-order valence-corrected chi connectivity index (χ2v) is 5.69. The van der Waals surface area contributed by atoms with E-state index in [4.69, 9.17) is 11.5 Å². The zero-order chi connectivity index (χ0) is 14.0. The molecule has 1 aliphatic heterocycles. The lowest BCUT2D eigenvalue weighted by molar-refractivity contribution is -0.119. The van der Waals surface area contributed by atoms with E-state index < -0.39 is 5.91 Å². The molecular formula is C13H17N3O2S. The fraction of sp³-hybridized carbons (Fsp3) is 0.385. The van der Waals surface area contributed by atoms with Gasteiger partial charge in [-0.25, -0.2) is 0 Å². The number of benzene rings is 1. The molecule has 5 nitrogen and oxygen atoms in total. The standard InChI is InChI=1S/C13H17N3O2S/c1-2-10-13(18)16(6-5-12(15)17)9-7-8(14)3-4-11(9)19-10/h3-4,7,10H,2,5-6,14H2,1H3,(H2,15,17). The number of fused-ring (bicyclic) bond motifs is 1. The van der Waals surface area contributed by atoms with E-state index >= 15 is 0 Å². The van der Waals surface area contributed by atoms with Gasteiger partial charge in [0.15, 0.2) is 0 Å². The molecule has 1 aromatic carbocycles. The van der Waals surface area contributed by atoms with E-state index in [0.29, 0.717) is 12.2 Å². The summed E-state index contributed by atoms with van der Waals surface area (Å²) in [6.07, 6.45) is 0.904. The fourth-order valence-electron chi connectivity index (χ4n) is 2.05. The molecule has 102 valence electrons. The van der Waals surface area contributed by atoms with Gasteiger partial charge in [0.25, 0.3) is 0 Å². The average Bonchev–Trinajstić information content (AvgIpc) is 2.37. The van der Waals surface area contributed by atoms with E-state index in [-0.39, 0.29) is 17.6 Å². The SMILES string of the molecule is CCC1Sc2ccc(N)cc2N(CCC(N)=O)C1=O. The van der Waals surface area contributed by atoms with Gasteiger partial charge in [-0.3, -0.25) is 9.59 Å². The van der Waals surface area contributed by atoms with Crippen LogP contribution in [0.4, 0.5) is 11.4 Å². The van der Waals surface area contributed by atoms with E-state index in [2.05, 4.69) is 0 Å². The first kappa shape index (κ1) is 13.7. The Labute approximate surface area is 116 Å². The highest BCUT2D eigenvalue weighted by molar-refractivity contribution is 8.01. The Balaban J connectivity index is 2.35. The van der Waals surface area contributed by atoms with E-state index in [1.165, 1.54) is 0 Å². The Morgan fingerprint density at radius 3 is 2.84 bits per heavy atom. The molecule has 1 aromatic rings. The third kappa shape index (κ3) is 2.84. The third-order valence-corrected chi connectivity index (χ3v) is 4.46. The first-order chi connectivity index (χ1) is 9.02. The van der Waals surface area contributed by atoms with Crippen LogP contribution in [0.3, 0.4) is 0 Å². The molecule has 0 aliphatic carbocycles. The molecule has 0 saturated carbocycles. The van der Waals surface area contributed by atoms with Gasteiger partial charge in [-0.2, -0.15) is 0 Å². The fourth-order valence-corrected chi connectivity index (χ4v) is 3.19. The lowest BCUT2D eigenvalue weighted by atomic mass is 10.2. The Morgan fingerprint density at radius 2 is 2.21 bits per heavy atom. The summed E-state index contributed by atoms with van der Waals surface area (Å²) in [5.74, 6) is -0.392. The highest BCUT2D eigenvalue weighted by Gasteiger charge is 2.32. The Bertz CT molecular complexity index is 519. The van der Waals surface area contributed by atoms with Crippen molar-refractivity contribution < 1.29 is 9.59 Å². The van der Waals surface area contributed by atoms with Crippen LogP contribution in [0.5, 0.6) is 0 Å². The zero-order valence-electron chi connectivity index (χ0n) is 10.8. The summed E-state index contributed by atoms with van der Waals surface area (Å²) in [5.41, 5.74) is 12.3. The molecule has 1 heterocycles. The van der Waals surface area contributed by atoms with E-state index in [9.17, 15) is 9.59 Å². The van der Waals surface area contributed by atoms with Gasteiger partial charge in [0.1, 0.15) is 0 Å². The number of nitrogens with zero attached hydrogens (tertiary/aromatic N) is 1. The number of anilines is 2. The summed E-state index contributed by atoms with van der Waals surface area (Å²) in [4.78, 5) is 25.9. The van der Waals surface area contributed by atoms with Crippen LogP contribution >= 0.6 is 11.8 Å². The molecule has 1 aliphatic rings. The molecule has 0 saturated heterocycles. The second kappa shape index (κ2) is 5.52. The average molecular weight is 279 g/mol. The molecule has 2 rings (SSSR count). The molecule has 6 heteroatoms. The maximum absolute atomic E-state index is 12.4. The number of primary amides is 1. The maximum atomic E-state index is 12.4. The van der Waals surface area contributed by atoms with Crippen molar-refractivity contribution in [2.24, 2.45) is 5.73 Å². The summed E-state index contributed by atoms with van der Waals surface area (Å²) >= 11 is 1.55. The highest BCUT2D eigenvalue weighted by Crippen LogP contribution is 2.41. The quantitative estimate of drug-likeness (QED) is 0.814. The summed E-state index contributed by atoms with van der Waals surface area (Å²) < 4.78 is 0. The number of thioether (sulfide) groups is 1. The molecule has 1 unspecified atom stereocenters. The van der Waals surface area contributed by atoms with Crippen LogP contribution in [0.25, 0.3) is 0 Å². The van der Waals surface area contributed by atoms with Gasteiger partial charge in [-0.1, -0.05) is 6.92 Å². The van der Waals surface area contributed by atoms with Crippen molar-refractivity contribution >= 4 is 35.0 Å².